The van der Waals surface area contributed by atoms with Crippen LogP contribution >= 0.6 is 35.2 Å². The Balaban J connectivity index is 2.54. The van der Waals surface area contributed by atoms with E-state index in [-0.39, 0.29) is 5.91 Å². The zero-order chi connectivity index (χ0) is 11.3. The number of carbonyl (C=O) groups is 1. The molecule has 1 amide bonds. The lowest BCUT2D eigenvalue weighted by molar-refractivity contribution is -0.117. The summed E-state index contributed by atoms with van der Waals surface area (Å²) in [4.78, 5) is 11.5. The van der Waals surface area contributed by atoms with Crippen molar-refractivity contribution in [1.82, 2.24) is 0 Å². The molecule has 0 radical (unpaired) electrons. The van der Waals surface area contributed by atoms with Gasteiger partial charge in [0, 0.05) is 9.26 Å². The molecule has 1 rings (SSSR count). The van der Waals surface area contributed by atoms with Crippen LogP contribution in [0.2, 0.25) is 0 Å². The molecule has 1 atom stereocenters. The maximum absolute atomic E-state index is 11.5. The van der Waals surface area contributed by atoms with Gasteiger partial charge in [0.2, 0.25) is 5.91 Å². The summed E-state index contributed by atoms with van der Waals surface area (Å²) in [5.41, 5.74) is 6.42. The van der Waals surface area contributed by atoms with Crippen molar-refractivity contribution in [2.24, 2.45) is 5.73 Å². The Labute approximate surface area is 108 Å². The highest BCUT2D eigenvalue weighted by Gasteiger charge is 2.11. The molecule has 82 valence electrons. The lowest BCUT2D eigenvalue weighted by Crippen LogP contribution is -2.35. The Morgan fingerprint density at radius 2 is 2.07 bits per heavy atom. The van der Waals surface area contributed by atoms with Crippen LogP contribution < -0.4 is 11.1 Å². The average Bonchev–Trinajstić information content (AvgIpc) is 2.22. The van der Waals surface area contributed by atoms with Gasteiger partial charge in [0.25, 0.3) is 0 Å². The molecule has 15 heavy (non-hydrogen) atoms. The summed E-state index contributed by atoms with van der Waals surface area (Å²) in [7, 11) is 0. The van der Waals surface area contributed by atoms with Crippen molar-refractivity contribution in [2.75, 3.05) is 11.1 Å². The Kier molecular flexibility index (Phi) is 5.41. The second-order valence-electron chi connectivity index (χ2n) is 3.11. The van der Waals surface area contributed by atoms with Gasteiger partial charge in [0.1, 0.15) is 0 Å². The van der Waals surface area contributed by atoms with Crippen molar-refractivity contribution >= 4 is 46.8 Å². The molecule has 0 aliphatic rings. The molecule has 0 spiro atoms. The topological polar surface area (TPSA) is 55.1 Å². The van der Waals surface area contributed by atoms with Crippen molar-refractivity contribution in [3.63, 3.8) is 0 Å². The fourth-order valence-electron chi connectivity index (χ4n) is 1.04. The van der Waals surface area contributed by atoms with Gasteiger partial charge in [0.15, 0.2) is 0 Å². The van der Waals surface area contributed by atoms with Crippen LogP contribution in [0.4, 0.5) is 5.69 Å². The van der Waals surface area contributed by atoms with Gasteiger partial charge in [0.05, 0.1) is 6.04 Å². The summed E-state index contributed by atoms with van der Waals surface area (Å²) in [6.45, 7) is 0. The van der Waals surface area contributed by atoms with Gasteiger partial charge in [-0.3, -0.25) is 4.79 Å². The van der Waals surface area contributed by atoms with Crippen LogP contribution in [0, 0.1) is 3.57 Å². The van der Waals surface area contributed by atoms with E-state index in [2.05, 4.69) is 40.5 Å². The van der Waals surface area contributed by atoms with Crippen molar-refractivity contribution < 1.29 is 4.79 Å². The summed E-state index contributed by atoms with van der Waals surface area (Å²) >= 11 is 6.24. The average molecular weight is 336 g/mol. The van der Waals surface area contributed by atoms with Crippen LogP contribution in [0.5, 0.6) is 0 Å². The molecule has 3 nitrogen and oxygen atoms in total. The predicted octanol–water partition coefficient (Wildman–Crippen LogP) is 1.88. The molecule has 1 aromatic carbocycles. The first-order valence-corrected chi connectivity index (χ1v) is 6.27. The standard InChI is InChI=1S/C10H13IN2OS/c11-7-1-3-8(4-2-7)13-10(14)9(12)5-6-15/h1-4,9,15H,5-6,12H2,(H,13,14). The van der Waals surface area contributed by atoms with Crippen molar-refractivity contribution in [2.45, 2.75) is 12.5 Å². The molecule has 5 heteroatoms. The smallest absolute Gasteiger partial charge is 0.241 e. The molecule has 0 saturated heterocycles. The number of nitrogens with one attached hydrogen (secondary N) is 1. The summed E-state index contributed by atoms with van der Waals surface area (Å²) in [6, 6.07) is 7.09. The molecular formula is C10H13IN2OS. The zero-order valence-electron chi connectivity index (χ0n) is 8.11. The van der Waals surface area contributed by atoms with E-state index in [9.17, 15) is 4.79 Å². The largest absolute Gasteiger partial charge is 0.325 e. The van der Waals surface area contributed by atoms with Gasteiger partial charge in [-0.1, -0.05) is 0 Å². The van der Waals surface area contributed by atoms with Gasteiger partial charge < -0.3 is 11.1 Å². The maximum atomic E-state index is 11.5. The quantitative estimate of drug-likeness (QED) is 0.581. The summed E-state index contributed by atoms with van der Waals surface area (Å²) in [5, 5.41) is 2.75. The maximum Gasteiger partial charge on any atom is 0.241 e. The number of hydrogen-bond acceptors (Lipinski definition) is 3. The van der Waals surface area contributed by atoms with E-state index in [1.165, 1.54) is 0 Å². The van der Waals surface area contributed by atoms with E-state index in [1.54, 1.807) is 0 Å². The fraction of sp³-hybridized carbons (Fsp3) is 0.300. The summed E-state index contributed by atoms with van der Waals surface area (Å²) in [5.74, 6) is 0.451. The number of benzene rings is 1. The van der Waals surface area contributed by atoms with Crippen LogP contribution in [-0.2, 0) is 4.79 Å². The highest BCUT2D eigenvalue weighted by atomic mass is 127. The number of anilines is 1. The Morgan fingerprint density at radius 3 is 2.60 bits per heavy atom. The van der Waals surface area contributed by atoms with E-state index in [4.69, 9.17) is 5.73 Å². The van der Waals surface area contributed by atoms with E-state index in [1.807, 2.05) is 24.3 Å². The zero-order valence-corrected chi connectivity index (χ0v) is 11.2. The number of rotatable bonds is 4. The Morgan fingerprint density at radius 1 is 1.47 bits per heavy atom. The molecule has 0 aliphatic heterocycles. The lowest BCUT2D eigenvalue weighted by Gasteiger charge is -2.10. The lowest BCUT2D eigenvalue weighted by atomic mass is 10.2. The molecular weight excluding hydrogens is 323 g/mol. The number of nitrogens with two attached hydrogens (primary N) is 1. The van der Waals surface area contributed by atoms with Crippen LogP contribution in [0.15, 0.2) is 24.3 Å². The van der Waals surface area contributed by atoms with Crippen molar-refractivity contribution in [3.8, 4) is 0 Å². The molecule has 0 saturated carbocycles. The first-order valence-electron chi connectivity index (χ1n) is 4.56. The molecule has 0 aliphatic carbocycles. The van der Waals surface area contributed by atoms with Crippen LogP contribution in [0.3, 0.4) is 0 Å². The van der Waals surface area contributed by atoms with Crippen LogP contribution in [0.1, 0.15) is 6.42 Å². The van der Waals surface area contributed by atoms with E-state index >= 15 is 0 Å². The molecule has 0 aromatic heterocycles. The van der Waals surface area contributed by atoms with Gasteiger partial charge in [-0.15, -0.1) is 0 Å². The number of halogens is 1. The molecule has 1 unspecified atom stereocenters. The fourth-order valence-corrected chi connectivity index (χ4v) is 1.68. The summed E-state index contributed by atoms with van der Waals surface area (Å²) < 4.78 is 1.13. The Bertz CT molecular complexity index is 329. The highest BCUT2D eigenvalue weighted by molar-refractivity contribution is 14.1. The van der Waals surface area contributed by atoms with E-state index in [0.29, 0.717) is 12.2 Å². The van der Waals surface area contributed by atoms with E-state index in [0.717, 1.165) is 9.26 Å². The van der Waals surface area contributed by atoms with Gasteiger partial charge in [-0.2, -0.15) is 12.6 Å². The minimum absolute atomic E-state index is 0.162. The number of amides is 1. The minimum Gasteiger partial charge on any atom is -0.325 e. The van der Waals surface area contributed by atoms with Gasteiger partial charge in [-0.25, -0.2) is 0 Å². The SMILES string of the molecule is NC(CCS)C(=O)Nc1ccc(I)cc1. The summed E-state index contributed by atoms with van der Waals surface area (Å²) in [6.07, 6.45) is 0.583. The molecule has 3 N–H and O–H groups in total. The first kappa shape index (κ1) is 12.8. The predicted molar refractivity (Wildman–Crippen MR) is 74.2 cm³/mol. The minimum atomic E-state index is -0.484. The normalized spacial score (nSPS) is 12.2. The van der Waals surface area contributed by atoms with Crippen molar-refractivity contribution in [1.29, 1.82) is 0 Å². The first-order chi connectivity index (χ1) is 7.13. The van der Waals surface area contributed by atoms with Gasteiger partial charge in [-0.05, 0) is 59.0 Å². The molecule has 1 aromatic rings. The van der Waals surface area contributed by atoms with Crippen molar-refractivity contribution in [3.05, 3.63) is 27.8 Å². The molecule has 0 fully saturated rings. The second kappa shape index (κ2) is 6.34. The third-order valence-electron chi connectivity index (χ3n) is 1.89. The molecule has 0 heterocycles. The van der Waals surface area contributed by atoms with Crippen LogP contribution in [-0.4, -0.2) is 17.7 Å². The van der Waals surface area contributed by atoms with Crippen LogP contribution in [0.25, 0.3) is 0 Å². The number of carbonyl (C=O) groups excluding carboxylic acids is 1. The number of thiol groups is 1. The number of hydrogen-bond donors (Lipinski definition) is 3. The monoisotopic (exact) mass is 336 g/mol. The Hall–Kier alpha value is -0.270. The molecule has 0 bridgehead atoms. The third-order valence-corrected chi connectivity index (χ3v) is 2.87. The highest BCUT2D eigenvalue weighted by Crippen LogP contribution is 2.11. The van der Waals surface area contributed by atoms with Gasteiger partial charge >= 0.3 is 0 Å². The van der Waals surface area contributed by atoms with E-state index < -0.39 is 6.04 Å². The second-order valence-corrected chi connectivity index (χ2v) is 4.81. The third kappa shape index (κ3) is 4.40.